The summed E-state index contributed by atoms with van der Waals surface area (Å²) in [6.07, 6.45) is 0. The first kappa shape index (κ1) is 12.7. The Balaban J connectivity index is 3.20. The van der Waals surface area contributed by atoms with E-state index in [2.05, 4.69) is 5.32 Å². The van der Waals surface area contributed by atoms with Crippen LogP contribution >= 0.6 is 0 Å². The van der Waals surface area contributed by atoms with E-state index in [1.165, 1.54) is 19.9 Å². The molecule has 17 heavy (non-hydrogen) atoms. The number of amides is 1. The maximum atomic E-state index is 10.9. The first-order valence-electron chi connectivity index (χ1n) is 4.94. The van der Waals surface area contributed by atoms with E-state index in [4.69, 9.17) is 10.00 Å². The van der Waals surface area contributed by atoms with Crippen LogP contribution in [0.15, 0.2) is 12.1 Å². The van der Waals surface area contributed by atoms with Gasteiger partial charge in [-0.3, -0.25) is 9.59 Å². The van der Waals surface area contributed by atoms with E-state index in [1.807, 2.05) is 6.07 Å². The number of carbonyl (C=O) groups excluding carboxylic acids is 2. The SMILES string of the molecule is CC(=O)Nc1cc(C)c(OC(C)=O)cc1C#N. The molecule has 5 heteroatoms. The van der Waals surface area contributed by atoms with Gasteiger partial charge in [-0.25, -0.2) is 0 Å². The zero-order chi connectivity index (χ0) is 13.0. The van der Waals surface area contributed by atoms with E-state index < -0.39 is 5.97 Å². The van der Waals surface area contributed by atoms with Crippen molar-refractivity contribution in [2.75, 3.05) is 5.32 Å². The van der Waals surface area contributed by atoms with Crippen molar-refractivity contribution in [3.8, 4) is 11.8 Å². The number of esters is 1. The second kappa shape index (κ2) is 5.12. The molecule has 1 amide bonds. The number of nitrogens with zero attached hydrogens (tertiary/aromatic N) is 1. The minimum atomic E-state index is -0.454. The number of hydrogen-bond acceptors (Lipinski definition) is 4. The molecule has 0 radical (unpaired) electrons. The molecular formula is C12H12N2O3. The summed E-state index contributed by atoms with van der Waals surface area (Å²) in [5.41, 5.74) is 1.33. The molecule has 5 nitrogen and oxygen atoms in total. The summed E-state index contributed by atoms with van der Waals surface area (Å²) in [6.45, 7) is 4.37. The van der Waals surface area contributed by atoms with Crippen LogP contribution in [0.3, 0.4) is 0 Å². The highest BCUT2D eigenvalue weighted by Crippen LogP contribution is 2.26. The Hall–Kier alpha value is -2.35. The van der Waals surface area contributed by atoms with Crippen molar-refractivity contribution in [3.63, 3.8) is 0 Å². The molecule has 0 aliphatic carbocycles. The number of aryl methyl sites for hydroxylation is 1. The molecule has 1 aromatic carbocycles. The Labute approximate surface area is 99.0 Å². The monoisotopic (exact) mass is 232 g/mol. The fourth-order valence-electron chi connectivity index (χ4n) is 1.34. The van der Waals surface area contributed by atoms with Gasteiger partial charge in [0.05, 0.1) is 11.3 Å². The van der Waals surface area contributed by atoms with Gasteiger partial charge in [-0.15, -0.1) is 0 Å². The van der Waals surface area contributed by atoms with Gasteiger partial charge in [-0.1, -0.05) is 0 Å². The van der Waals surface area contributed by atoms with Gasteiger partial charge in [0.2, 0.25) is 5.91 Å². The second-order valence-corrected chi connectivity index (χ2v) is 3.55. The van der Waals surface area contributed by atoms with Crippen molar-refractivity contribution >= 4 is 17.6 Å². The van der Waals surface area contributed by atoms with Crippen LogP contribution in [-0.2, 0) is 9.59 Å². The first-order chi connectivity index (χ1) is 7.93. The average molecular weight is 232 g/mol. The van der Waals surface area contributed by atoms with Crippen LogP contribution in [0.4, 0.5) is 5.69 Å². The van der Waals surface area contributed by atoms with Gasteiger partial charge in [0, 0.05) is 19.9 Å². The number of anilines is 1. The third-order valence-corrected chi connectivity index (χ3v) is 2.00. The summed E-state index contributed by atoms with van der Waals surface area (Å²) in [5.74, 6) is -0.395. The molecule has 1 N–H and O–H groups in total. The molecule has 0 aliphatic rings. The molecule has 0 unspecified atom stereocenters. The molecule has 0 atom stereocenters. The fraction of sp³-hybridized carbons (Fsp3) is 0.250. The zero-order valence-corrected chi connectivity index (χ0v) is 9.83. The normalized spacial score (nSPS) is 9.29. The highest BCUT2D eigenvalue weighted by atomic mass is 16.5. The number of nitrogens with one attached hydrogen (secondary N) is 1. The molecule has 88 valence electrons. The number of benzene rings is 1. The molecule has 0 heterocycles. The molecular weight excluding hydrogens is 220 g/mol. The minimum absolute atomic E-state index is 0.252. The molecule has 1 rings (SSSR count). The highest BCUT2D eigenvalue weighted by Gasteiger charge is 2.10. The number of ether oxygens (including phenoxy) is 1. The molecule has 0 aromatic heterocycles. The molecule has 0 saturated heterocycles. The third kappa shape index (κ3) is 3.31. The third-order valence-electron chi connectivity index (χ3n) is 2.00. The van der Waals surface area contributed by atoms with Crippen LogP contribution in [0.25, 0.3) is 0 Å². The van der Waals surface area contributed by atoms with Crippen molar-refractivity contribution in [1.82, 2.24) is 0 Å². The number of nitriles is 1. The number of hydrogen-bond donors (Lipinski definition) is 1. The number of carbonyl (C=O) groups is 2. The largest absolute Gasteiger partial charge is 0.426 e. The minimum Gasteiger partial charge on any atom is -0.426 e. The van der Waals surface area contributed by atoms with E-state index in [-0.39, 0.29) is 11.5 Å². The van der Waals surface area contributed by atoms with Crippen molar-refractivity contribution in [1.29, 1.82) is 5.26 Å². The molecule has 0 bridgehead atoms. The lowest BCUT2D eigenvalue weighted by molar-refractivity contribution is -0.131. The maximum absolute atomic E-state index is 10.9. The number of rotatable bonds is 2. The summed E-state index contributed by atoms with van der Waals surface area (Å²) >= 11 is 0. The van der Waals surface area contributed by atoms with Gasteiger partial charge in [-0.2, -0.15) is 5.26 Å². The van der Waals surface area contributed by atoms with Crippen molar-refractivity contribution in [2.45, 2.75) is 20.8 Å². The lowest BCUT2D eigenvalue weighted by Gasteiger charge is -2.10. The van der Waals surface area contributed by atoms with E-state index >= 15 is 0 Å². The Morgan fingerprint density at radius 2 is 2.00 bits per heavy atom. The predicted octanol–water partition coefficient (Wildman–Crippen LogP) is 1.75. The molecule has 0 saturated carbocycles. The van der Waals surface area contributed by atoms with Gasteiger partial charge >= 0.3 is 5.97 Å². The van der Waals surface area contributed by atoms with Crippen LogP contribution in [0.5, 0.6) is 5.75 Å². The lowest BCUT2D eigenvalue weighted by atomic mass is 10.1. The maximum Gasteiger partial charge on any atom is 0.308 e. The Morgan fingerprint density at radius 1 is 1.35 bits per heavy atom. The quantitative estimate of drug-likeness (QED) is 0.622. The average Bonchev–Trinajstić information content (AvgIpc) is 2.20. The predicted molar refractivity (Wildman–Crippen MR) is 61.5 cm³/mol. The second-order valence-electron chi connectivity index (χ2n) is 3.55. The standard InChI is InChI=1S/C12H12N2O3/c1-7-4-11(14-8(2)15)10(6-13)5-12(7)17-9(3)16/h4-5H,1-3H3,(H,14,15). The van der Waals surface area contributed by atoms with E-state index in [0.29, 0.717) is 17.0 Å². The summed E-state index contributed by atoms with van der Waals surface area (Å²) in [5, 5.41) is 11.5. The first-order valence-corrected chi connectivity index (χ1v) is 4.94. The smallest absolute Gasteiger partial charge is 0.308 e. The van der Waals surface area contributed by atoms with Gasteiger partial charge < -0.3 is 10.1 Å². The Bertz CT molecular complexity index is 515. The lowest BCUT2D eigenvalue weighted by Crippen LogP contribution is -2.09. The molecule has 0 spiro atoms. The van der Waals surface area contributed by atoms with Crippen LogP contribution in [0.2, 0.25) is 0 Å². The zero-order valence-electron chi connectivity index (χ0n) is 9.83. The Morgan fingerprint density at radius 3 is 2.47 bits per heavy atom. The van der Waals surface area contributed by atoms with Crippen LogP contribution in [0.1, 0.15) is 25.0 Å². The van der Waals surface area contributed by atoms with Crippen LogP contribution < -0.4 is 10.1 Å². The highest BCUT2D eigenvalue weighted by molar-refractivity contribution is 5.90. The fourth-order valence-corrected chi connectivity index (χ4v) is 1.34. The van der Waals surface area contributed by atoms with Crippen molar-refractivity contribution < 1.29 is 14.3 Å². The van der Waals surface area contributed by atoms with Crippen LogP contribution in [-0.4, -0.2) is 11.9 Å². The Kier molecular flexibility index (Phi) is 3.83. The summed E-state index contributed by atoms with van der Waals surface area (Å²) in [6, 6.07) is 4.96. The molecule has 1 aromatic rings. The summed E-state index contributed by atoms with van der Waals surface area (Å²) in [4.78, 5) is 21.8. The van der Waals surface area contributed by atoms with Crippen molar-refractivity contribution in [2.24, 2.45) is 0 Å². The summed E-state index contributed by atoms with van der Waals surface area (Å²) in [7, 11) is 0. The van der Waals surface area contributed by atoms with Crippen LogP contribution in [0, 0.1) is 18.3 Å². The van der Waals surface area contributed by atoms with Gasteiger partial charge in [0.1, 0.15) is 11.8 Å². The van der Waals surface area contributed by atoms with E-state index in [0.717, 1.165) is 0 Å². The van der Waals surface area contributed by atoms with Gasteiger partial charge in [0.25, 0.3) is 0 Å². The molecule has 0 fully saturated rings. The van der Waals surface area contributed by atoms with Gasteiger partial charge in [0.15, 0.2) is 0 Å². The van der Waals surface area contributed by atoms with E-state index in [9.17, 15) is 9.59 Å². The van der Waals surface area contributed by atoms with Crippen molar-refractivity contribution in [3.05, 3.63) is 23.3 Å². The topological polar surface area (TPSA) is 79.2 Å². The van der Waals surface area contributed by atoms with E-state index in [1.54, 1.807) is 13.0 Å². The van der Waals surface area contributed by atoms with Gasteiger partial charge in [-0.05, 0) is 18.6 Å². The summed E-state index contributed by atoms with van der Waals surface area (Å²) < 4.78 is 4.94. The molecule has 0 aliphatic heterocycles.